The molecule has 1 aromatic rings. The third-order valence-electron chi connectivity index (χ3n) is 2.40. The minimum atomic E-state index is -0.428. The topological polar surface area (TPSA) is 74.1 Å². The van der Waals surface area contributed by atoms with Gasteiger partial charge in [0.15, 0.2) is 0 Å². The Morgan fingerprint density at radius 1 is 1.55 bits per heavy atom. The lowest BCUT2D eigenvalue weighted by atomic mass is 10.2. The number of carbonyl (C=O) groups excluding carboxylic acids is 1. The molecule has 106 valence electrons. The summed E-state index contributed by atoms with van der Waals surface area (Å²) in [4.78, 5) is 11.6. The summed E-state index contributed by atoms with van der Waals surface area (Å²) in [6.07, 6.45) is 1.39. The van der Waals surface area contributed by atoms with Gasteiger partial charge in [0.1, 0.15) is 11.6 Å². The second kappa shape index (κ2) is 8.97. The average molecular weight is 294 g/mol. The Labute approximate surface area is 123 Å². The van der Waals surface area contributed by atoms with Crippen LogP contribution in [-0.4, -0.2) is 26.2 Å². The van der Waals surface area contributed by atoms with Crippen LogP contribution in [0.25, 0.3) is 0 Å². The van der Waals surface area contributed by atoms with E-state index >= 15 is 0 Å². The van der Waals surface area contributed by atoms with Crippen molar-refractivity contribution >= 4 is 17.5 Å². The van der Waals surface area contributed by atoms with Gasteiger partial charge in [0.05, 0.1) is 6.61 Å². The van der Waals surface area contributed by atoms with Gasteiger partial charge in [-0.1, -0.05) is 23.7 Å². The lowest BCUT2D eigenvalue weighted by molar-refractivity contribution is -0.117. The molecule has 0 heterocycles. The van der Waals surface area contributed by atoms with Crippen molar-refractivity contribution in [2.24, 2.45) is 0 Å². The van der Waals surface area contributed by atoms with Gasteiger partial charge in [0, 0.05) is 31.4 Å². The quantitative estimate of drug-likeness (QED) is 0.455. The van der Waals surface area contributed by atoms with E-state index in [9.17, 15) is 4.79 Å². The molecule has 0 radical (unpaired) electrons. The average Bonchev–Trinajstić information content (AvgIpc) is 2.44. The van der Waals surface area contributed by atoms with Crippen LogP contribution in [0.1, 0.15) is 5.56 Å². The molecule has 1 aromatic carbocycles. The smallest absolute Gasteiger partial charge is 0.263 e. The fourth-order valence-corrected chi connectivity index (χ4v) is 1.64. The fraction of sp³-hybridized carbons (Fsp3) is 0.286. The first-order valence-electron chi connectivity index (χ1n) is 6.02. The molecule has 0 unspecified atom stereocenters. The number of nitriles is 1. The Morgan fingerprint density at radius 3 is 3.00 bits per heavy atom. The Hall–Kier alpha value is -2.03. The summed E-state index contributed by atoms with van der Waals surface area (Å²) in [7, 11) is 1.54. The standard InChI is InChI=1S/C14H16ClN3O2/c1-20-6-5-18-14(19)12(8-16)10-17-9-11-3-2-4-13(15)7-11/h2-4,7,10,17H,5-6,9H2,1H3,(H,18,19)/b12-10-. The van der Waals surface area contributed by atoms with Crippen LogP contribution in [-0.2, 0) is 16.1 Å². The van der Waals surface area contributed by atoms with E-state index in [0.717, 1.165) is 5.56 Å². The van der Waals surface area contributed by atoms with E-state index in [-0.39, 0.29) is 5.57 Å². The predicted molar refractivity (Wildman–Crippen MR) is 76.9 cm³/mol. The highest BCUT2D eigenvalue weighted by atomic mass is 35.5. The Bertz CT molecular complexity index is 523. The summed E-state index contributed by atoms with van der Waals surface area (Å²) in [5.41, 5.74) is 0.981. The molecule has 5 nitrogen and oxygen atoms in total. The van der Waals surface area contributed by atoms with E-state index in [1.807, 2.05) is 24.3 Å². The molecule has 0 atom stereocenters. The van der Waals surface area contributed by atoms with Gasteiger partial charge in [-0.25, -0.2) is 0 Å². The third-order valence-corrected chi connectivity index (χ3v) is 2.63. The van der Waals surface area contributed by atoms with Crippen molar-refractivity contribution in [3.63, 3.8) is 0 Å². The van der Waals surface area contributed by atoms with E-state index in [0.29, 0.717) is 24.7 Å². The number of methoxy groups -OCH3 is 1. The van der Waals surface area contributed by atoms with Crippen LogP contribution >= 0.6 is 11.6 Å². The lowest BCUT2D eigenvalue weighted by Crippen LogP contribution is -2.28. The van der Waals surface area contributed by atoms with Crippen LogP contribution in [0.3, 0.4) is 0 Å². The number of benzene rings is 1. The summed E-state index contributed by atoms with van der Waals surface area (Å²) in [6.45, 7) is 1.25. The number of ether oxygens (including phenoxy) is 1. The second-order valence-corrected chi connectivity index (χ2v) is 4.37. The number of rotatable bonds is 7. The molecule has 1 amide bonds. The summed E-state index contributed by atoms with van der Waals surface area (Å²) in [6, 6.07) is 9.18. The van der Waals surface area contributed by atoms with Gasteiger partial charge in [0.25, 0.3) is 5.91 Å². The lowest BCUT2D eigenvalue weighted by Gasteiger charge is -2.05. The molecule has 0 bridgehead atoms. The Balaban J connectivity index is 2.49. The monoisotopic (exact) mass is 293 g/mol. The minimum absolute atomic E-state index is 0.0168. The van der Waals surface area contributed by atoms with Crippen molar-refractivity contribution in [2.75, 3.05) is 20.3 Å². The number of amides is 1. The Morgan fingerprint density at radius 2 is 2.35 bits per heavy atom. The highest BCUT2D eigenvalue weighted by Gasteiger charge is 2.07. The molecule has 0 aliphatic carbocycles. The molecule has 20 heavy (non-hydrogen) atoms. The first kappa shape index (κ1) is 16.0. The molecule has 0 spiro atoms. The molecule has 0 saturated carbocycles. The van der Waals surface area contributed by atoms with Crippen LogP contribution in [0.4, 0.5) is 0 Å². The zero-order chi connectivity index (χ0) is 14.8. The molecular weight excluding hydrogens is 278 g/mol. The number of hydrogen-bond donors (Lipinski definition) is 2. The van der Waals surface area contributed by atoms with Crippen LogP contribution in [0, 0.1) is 11.3 Å². The highest BCUT2D eigenvalue weighted by Crippen LogP contribution is 2.10. The van der Waals surface area contributed by atoms with Crippen LogP contribution < -0.4 is 10.6 Å². The molecule has 6 heteroatoms. The minimum Gasteiger partial charge on any atom is -0.386 e. The van der Waals surface area contributed by atoms with Crippen LogP contribution in [0.5, 0.6) is 0 Å². The van der Waals surface area contributed by atoms with Gasteiger partial charge in [-0.2, -0.15) is 5.26 Å². The van der Waals surface area contributed by atoms with E-state index in [2.05, 4.69) is 10.6 Å². The number of nitrogens with zero attached hydrogens (tertiary/aromatic N) is 1. The number of halogens is 1. The molecular formula is C14H16ClN3O2. The van der Waals surface area contributed by atoms with Gasteiger partial charge in [-0.15, -0.1) is 0 Å². The third kappa shape index (κ3) is 5.74. The molecule has 2 N–H and O–H groups in total. The highest BCUT2D eigenvalue weighted by molar-refractivity contribution is 6.30. The van der Waals surface area contributed by atoms with Gasteiger partial charge < -0.3 is 15.4 Å². The SMILES string of the molecule is COCCNC(=O)/C(C#N)=C\NCc1cccc(Cl)c1. The molecule has 0 fully saturated rings. The maximum absolute atomic E-state index is 11.6. The summed E-state index contributed by atoms with van der Waals surface area (Å²) in [5.74, 6) is -0.428. The van der Waals surface area contributed by atoms with Gasteiger partial charge in [-0.05, 0) is 17.7 Å². The zero-order valence-electron chi connectivity index (χ0n) is 11.1. The van der Waals surface area contributed by atoms with E-state index in [4.69, 9.17) is 21.6 Å². The van der Waals surface area contributed by atoms with Crippen molar-refractivity contribution in [3.05, 3.63) is 46.6 Å². The second-order valence-electron chi connectivity index (χ2n) is 3.93. The zero-order valence-corrected chi connectivity index (χ0v) is 11.9. The molecule has 0 aliphatic rings. The maximum atomic E-state index is 11.6. The molecule has 0 aliphatic heterocycles. The molecule has 0 aromatic heterocycles. The van der Waals surface area contributed by atoms with E-state index in [1.165, 1.54) is 6.20 Å². The molecule has 1 rings (SSSR count). The maximum Gasteiger partial charge on any atom is 0.263 e. The summed E-state index contributed by atoms with van der Waals surface area (Å²) < 4.78 is 4.81. The molecule has 0 saturated heterocycles. The Kier molecular flexibility index (Phi) is 7.18. The predicted octanol–water partition coefficient (Wildman–Crippen LogP) is 1.60. The first-order chi connectivity index (χ1) is 9.67. The van der Waals surface area contributed by atoms with Crippen molar-refractivity contribution in [1.82, 2.24) is 10.6 Å². The van der Waals surface area contributed by atoms with Crippen LogP contribution in [0.2, 0.25) is 5.02 Å². The van der Waals surface area contributed by atoms with Crippen molar-refractivity contribution in [1.29, 1.82) is 5.26 Å². The summed E-state index contributed by atoms with van der Waals surface area (Å²) in [5, 5.41) is 15.1. The number of hydrogen-bond acceptors (Lipinski definition) is 4. The number of carbonyl (C=O) groups is 1. The first-order valence-corrected chi connectivity index (χ1v) is 6.40. The van der Waals surface area contributed by atoms with Gasteiger partial charge in [-0.3, -0.25) is 4.79 Å². The largest absolute Gasteiger partial charge is 0.386 e. The van der Waals surface area contributed by atoms with E-state index in [1.54, 1.807) is 13.2 Å². The van der Waals surface area contributed by atoms with Gasteiger partial charge >= 0.3 is 0 Å². The van der Waals surface area contributed by atoms with E-state index < -0.39 is 5.91 Å². The van der Waals surface area contributed by atoms with Crippen molar-refractivity contribution < 1.29 is 9.53 Å². The fourth-order valence-electron chi connectivity index (χ4n) is 1.43. The van der Waals surface area contributed by atoms with Crippen LogP contribution in [0.15, 0.2) is 36.0 Å². The number of nitrogens with one attached hydrogen (secondary N) is 2. The van der Waals surface area contributed by atoms with Gasteiger partial charge in [0.2, 0.25) is 0 Å². The normalized spacial score (nSPS) is 10.8. The van der Waals surface area contributed by atoms with Crippen molar-refractivity contribution in [3.8, 4) is 6.07 Å². The summed E-state index contributed by atoms with van der Waals surface area (Å²) >= 11 is 5.86. The van der Waals surface area contributed by atoms with Crippen molar-refractivity contribution in [2.45, 2.75) is 6.54 Å².